The van der Waals surface area contributed by atoms with E-state index in [1.54, 1.807) is 37.3 Å². The number of aryl methyl sites for hydroxylation is 1. The molecular formula is C24H28N2O6. The lowest BCUT2D eigenvalue weighted by Crippen LogP contribution is -2.37. The van der Waals surface area contributed by atoms with E-state index in [0.29, 0.717) is 67.6 Å². The zero-order valence-corrected chi connectivity index (χ0v) is 18.5. The highest BCUT2D eigenvalue weighted by atomic mass is 16.7. The molecule has 0 spiro atoms. The van der Waals surface area contributed by atoms with Crippen LogP contribution in [-0.4, -0.2) is 68.8 Å². The van der Waals surface area contributed by atoms with Crippen molar-refractivity contribution in [1.29, 1.82) is 0 Å². The Morgan fingerprint density at radius 3 is 2.44 bits per heavy atom. The molecule has 8 nitrogen and oxygen atoms in total. The summed E-state index contributed by atoms with van der Waals surface area (Å²) < 4.78 is 21.3. The van der Waals surface area contributed by atoms with Gasteiger partial charge in [0.15, 0.2) is 23.0 Å². The molecule has 170 valence electrons. The van der Waals surface area contributed by atoms with E-state index in [0.717, 1.165) is 12.0 Å². The van der Waals surface area contributed by atoms with E-state index in [1.165, 1.54) is 0 Å². The SMILES string of the molecule is COc1ccc(CCC(=O)N2CCCN(C(=O)c3ccc4c(c3)OCO4)CC2)cc1OC. The van der Waals surface area contributed by atoms with Crippen molar-refractivity contribution in [3.05, 3.63) is 47.5 Å². The van der Waals surface area contributed by atoms with Gasteiger partial charge in [-0.25, -0.2) is 0 Å². The number of methoxy groups -OCH3 is 2. The average Bonchev–Trinajstić information content (AvgIpc) is 3.16. The first-order valence-corrected chi connectivity index (χ1v) is 10.8. The number of fused-ring (bicyclic) bond motifs is 1. The van der Waals surface area contributed by atoms with Gasteiger partial charge < -0.3 is 28.7 Å². The van der Waals surface area contributed by atoms with E-state index in [9.17, 15) is 9.59 Å². The van der Waals surface area contributed by atoms with Crippen LogP contribution in [0.2, 0.25) is 0 Å². The summed E-state index contributed by atoms with van der Waals surface area (Å²) in [7, 11) is 3.20. The number of amides is 2. The second kappa shape index (κ2) is 9.80. The second-order valence-corrected chi connectivity index (χ2v) is 7.78. The smallest absolute Gasteiger partial charge is 0.254 e. The Bertz CT molecular complexity index is 992. The lowest BCUT2D eigenvalue weighted by Gasteiger charge is -2.22. The Labute approximate surface area is 187 Å². The molecule has 2 aromatic rings. The first-order valence-electron chi connectivity index (χ1n) is 10.8. The van der Waals surface area contributed by atoms with Gasteiger partial charge in [0.2, 0.25) is 12.7 Å². The van der Waals surface area contributed by atoms with Crippen molar-refractivity contribution in [1.82, 2.24) is 9.80 Å². The Hall–Kier alpha value is -3.42. The van der Waals surface area contributed by atoms with E-state index >= 15 is 0 Å². The topological polar surface area (TPSA) is 77.5 Å². The molecule has 0 bridgehead atoms. The first kappa shape index (κ1) is 21.8. The van der Waals surface area contributed by atoms with Gasteiger partial charge in [0, 0.05) is 38.2 Å². The van der Waals surface area contributed by atoms with E-state index in [4.69, 9.17) is 18.9 Å². The Kier molecular flexibility index (Phi) is 6.68. The molecule has 4 rings (SSSR count). The molecule has 2 aliphatic rings. The van der Waals surface area contributed by atoms with Crippen LogP contribution < -0.4 is 18.9 Å². The van der Waals surface area contributed by atoms with Crippen LogP contribution in [0.4, 0.5) is 0 Å². The molecule has 32 heavy (non-hydrogen) atoms. The predicted molar refractivity (Wildman–Crippen MR) is 118 cm³/mol. The highest BCUT2D eigenvalue weighted by Gasteiger charge is 2.24. The monoisotopic (exact) mass is 440 g/mol. The average molecular weight is 440 g/mol. The van der Waals surface area contributed by atoms with Gasteiger partial charge in [0.25, 0.3) is 5.91 Å². The molecule has 0 radical (unpaired) electrons. The summed E-state index contributed by atoms with van der Waals surface area (Å²) in [6.45, 7) is 2.48. The molecule has 2 heterocycles. The molecule has 2 aliphatic heterocycles. The maximum atomic E-state index is 13.0. The Morgan fingerprint density at radius 1 is 0.875 bits per heavy atom. The molecule has 2 amide bonds. The van der Waals surface area contributed by atoms with Crippen LogP contribution in [0.5, 0.6) is 23.0 Å². The summed E-state index contributed by atoms with van der Waals surface area (Å²) in [5.41, 5.74) is 1.59. The minimum absolute atomic E-state index is 0.0528. The maximum Gasteiger partial charge on any atom is 0.254 e. The Morgan fingerprint density at radius 2 is 1.62 bits per heavy atom. The predicted octanol–water partition coefficient (Wildman–Crippen LogP) is 2.74. The highest BCUT2D eigenvalue weighted by molar-refractivity contribution is 5.95. The van der Waals surface area contributed by atoms with E-state index in [1.807, 2.05) is 23.1 Å². The standard InChI is InChI=1S/C24H28N2O6/c1-29-19-7-4-17(14-21(19)30-2)5-9-23(27)25-10-3-11-26(13-12-25)24(28)18-6-8-20-22(15-18)32-16-31-20/h4,6-8,14-15H,3,5,9-13,16H2,1-2H3. The normalized spacial score (nSPS) is 15.3. The summed E-state index contributed by atoms with van der Waals surface area (Å²) in [6, 6.07) is 10.9. The number of carbonyl (C=O) groups is 2. The number of rotatable bonds is 6. The molecule has 8 heteroatoms. The lowest BCUT2D eigenvalue weighted by molar-refractivity contribution is -0.131. The molecule has 0 aromatic heterocycles. The highest BCUT2D eigenvalue weighted by Crippen LogP contribution is 2.33. The van der Waals surface area contributed by atoms with Crippen molar-refractivity contribution in [3.63, 3.8) is 0 Å². The van der Waals surface area contributed by atoms with Crippen LogP contribution in [-0.2, 0) is 11.2 Å². The molecule has 0 N–H and O–H groups in total. The van der Waals surface area contributed by atoms with Crippen molar-refractivity contribution in [2.24, 2.45) is 0 Å². The van der Waals surface area contributed by atoms with E-state index < -0.39 is 0 Å². The van der Waals surface area contributed by atoms with Gasteiger partial charge in [0.05, 0.1) is 14.2 Å². The number of ether oxygens (including phenoxy) is 4. The fraction of sp³-hybridized carbons (Fsp3) is 0.417. The molecule has 1 fully saturated rings. The van der Waals surface area contributed by atoms with Crippen LogP contribution in [0.1, 0.15) is 28.8 Å². The van der Waals surface area contributed by atoms with Crippen LogP contribution in [0.25, 0.3) is 0 Å². The van der Waals surface area contributed by atoms with Crippen LogP contribution in [0.15, 0.2) is 36.4 Å². The summed E-state index contributed by atoms with van der Waals surface area (Å²) >= 11 is 0. The number of nitrogens with zero attached hydrogens (tertiary/aromatic N) is 2. The van der Waals surface area contributed by atoms with Gasteiger partial charge in [-0.3, -0.25) is 9.59 Å². The van der Waals surface area contributed by atoms with Gasteiger partial charge in [-0.2, -0.15) is 0 Å². The molecule has 0 atom stereocenters. The first-order chi connectivity index (χ1) is 15.6. The number of carbonyl (C=O) groups excluding carboxylic acids is 2. The molecule has 0 aliphatic carbocycles. The quantitative estimate of drug-likeness (QED) is 0.688. The van der Waals surface area contributed by atoms with Crippen molar-refractivity contribution >= 4 is 11.8 Å². The van der Waals surface area contributed by atoms with Gasteiger partial charge in [-0.15, -0.1) is 0 Å². The van der Waals surface area contributed by atoms with Crippen LogP contribution >= 0.6 is 0 Å². The molecule has 0 saturated carbocycles. The van der Waals surface area contributed by atoms with E-state index in [2.05, 4.69) is 0 Å². The van der Waals surface area contributed by atoms with Gasteiger partial charge in [-0.05, 0) is 48.7 Å². The fourth-order valence-corrected chi connectivity index (χ4v) is 4.03. The third-order valence-electron chi connectivity index (χ3n) is 5.83. The van der Waals surface area contributed by atoms with Crippen molar-refractivity contribution < 1.29 is 28.5 Å². The molecule has 2 aromatic carbocycles. The van der Waals surface area contributed by atoms with Crippen LogP contribution in [0.3, 0.4) is 0 Å². The largest absolute Gasteiger partial charge is 0.493 e. The second-order valence-electron chi connectivity index (χ2n) is 7.78. The Balaban J connectivity index is 1.32. The van der Waals surface area contributed by atoms with Crippen molar-refractivity contribution in [2.75, 3.05) is 47.2 Å². The van der Waals surface area contributed by atoms with Crippen molar-refractivity contribution in [3.8, 4) is 23.0 Å². The minimum Gasteiger partial charge on any atom is -0.493 e. The number of hydrogen-bond donors (Lipinski definition) is 0. The summed E-state index contributed by atoms with van der Waals surface area (Å²) in [4.78, 5) is 29.4. The van der Waals surface area contributed by atoms with Crippen molar-refractivity contribution in [2.45, 2.75) is 19.3 Å². The minimum atomic E-state index is -0.0528. The van der Waals surface area contributed by atoms with Gasteiger partial charge in [-0.1, -0.05) is 6.07 Å². The third-order valence-corrected chi connectivity index (χ3v) is 5.83. The molecule has 1 saturated heterocycles. The maximum absolute atomic E-state index is 13.0. The molecule has 0 unspecified atom stereocenters. The van der Waals surface area contributed by atoms with Gasteiger partial charge in [0.1, 0.15) is 0 Å². The zero-order chi connectivity index (χ0) is 22.5. The fourth-order valence-electron chi connectivity index (χ4n) is 4.03. The number of hydrogen-bond acceptors (Lipinski definition) is 6. The van der Waals surface area contributed by atoms with E-state index in [-0.39, 0.29) is 18.6 Å². The van der Waals surface area contributed by atoms with Crippen LogP contribution in [0, 0.1) is 0 Å². The summed E-state index contributed by atoms with van der Waals surface area (Å²) in [6.07, 6.45) is 1.78. The zero-order valence-electron chi connectivity index (χ0n) is 18.5. The summed E-state index contributed by atoms with van der Waals surface area (Å²) in [5, 5.41) is 0. The molecular weight excluding hydrogens is 412 g/mol. The lowest BCUT2D eigenvalue weighted by atomic mass is 10.1. The summed E-state index contributed by atoms with van der Waals surface area (Å²) in [5.74, 6) is 2.62. The van der Waals surface area contributed by atoms with Gasteiger partial charge >= 0.3 is 0 Å². The third kappa shape index (κ3) is 4.74. The number of benzene rings is 2.